The first-order chi connectivity index (χ1) is 16.4. The van der Waals surface area contributed by atoms with Gasteiger partial charge in [0, 0.05) is 41.8 Å². The van der Waals surface area contributed by atoms with Crippen LogP contribution in [-0.2, 0) is 20.3 Å². The molecule has 2 rings (SSSR count). The number of carbonyl (C=O) groups is 2. The summed E-state index contributed by atoms with van der Waals surface area (Å²) in [4.78, 5) is 27.2. The van der Waals surface area contributed by atoms with Crippen molar-refractivity contribution in [3.8, 4) is 0 Å². The first-order valence-corrected chi connectivity index (χ1v) is 12.7. The molecule has 8 nitrogen and oxygen atoms in total. The fraction of sp³-hybridized carbons (Fsp3) is 0.619. The quantitative estimate of drug-likeness (QED) is 0.363. The molecule has 0 bridgehead atoms. The van der Waals surface area contributed by atoms with E-state index in [0.29, 0.717) is 39.3 Å². The third-order valence-electron chi connectivity index (χ3n) is 5.19. The summed E-state index contributed by atoms with van der Waals surface area (Å²) in [6, 6.07) is 2.10. The number of hydrogen-bond donors (Lipinski definition) is 3. The lowest BCUT2D eigenvalue weighted by Crippen LogP contribution is -2.54. The molecule has 1 aromatic carbocycles. The summed E-state index contributed by atoms with van der Waals surface area (Å²) in [6.45, 7) is 6.00. The summed E-state index contributed by atoms with van der Waals surface area (Å²) in [5.41, 5.74) is -1.26. The molecule has 0 spiro atoms. The van der Waals surface area contributed by atoms with E-state index in [4.69, 9.17) is 14.4 Å². The Bertz CT molecular complexity index is 869. The molecule has 0 unspecified atom stereocenters. The Morgan fingerprint density at radius 1 is 1.20 bits per heavy atom. The number of aliphatic hydroxyl groups excluding tert-OH is 1. The number of nitrogens with one attached hydrogen (secondary N) is 2. The number of hydrogen-bond acceptors (Lipinski definition) is 6. The molecule has 35 heavy (non-hydrogen) atoms. The highest BCUT2D eigenvalue weighted by molar-refractivity contribution is 9.11. The average molecular weight is 631 g/mol. The molecule has 2 amide bonds. The maximum Gasteiger partial charge on any atom is 0.480 e. The molecule has 14 heteroatoms. The number of amides is 2. The van der Waals surface area contributed by atoms with Crippen LogP contribution in [0.1, 0.15) is 36.2 Å². The van der Waals surface area contributed by atoms with Crippen molar-refractivity contribution in [3.05, 3.63) is 32.2 Å². The van der Waals surface area contributed by atoms with Crippen molar-refractivity contribution >= 4 is 50.8 Å². The Morgan fingerprint density at radius 3 is 2.37 bits per heavy atom. The first-order valence-electron chi connectivity index (χ1n) is 11.1. The number of halogens is 5. The first kappa shape index (κ1) is 30.0. The largest absolute Gasteiger partial charge is 0.480 e. The van der Waals surface area contributed by atoms with Gasteiger partial charge in [0.05, 0.1) is 30.2 Å². The molecule has 0 aromatic heterocycles. The molecule has 1 atom stereocenters. The average Bonchev–Trinajstić information content (AvgIpc) is 2.73. The minimum absolute atomic E-state index is 0.0369. The van der Waals surface area contributed by atoms with Crippen molar-refractivity contribution in [2.75, 3.05) is 46.0 Å². The van der Waals surface area contributed by atoms with Crippen LogP contribution in [0.4, 0.5) is 13.2 Å². The van der Waals surface area contributed by atoms with Gasteiger partial charge in [-0.1, -0.05) is 29.8 Å². The zero-order valence-corrected chi connectivity index (χ0v) is 22.6. The summed E-state index contributed by atoms with van der Waals surface area (Å²) in [6.07, 6.45) is -4.11. The number of aliphatic hydroxyl groups is 1. The lowest BCUT2D eigenvalue weighted by atomic mass is 9.73. The van der Waals surface area contributed by atoms with Gasteiger partial charge >= 0.3 is 13.3 Å². The van der Waals surface area contributed by atoms with Crippen LogP contribution in [0.3, 0.4) is 0 Å². The summed E-state index contributed by atoms with van der Waals surface area (Å²) >= 11 is 5.84. The molecule has 1 heterocycles. The van der Waals surface area contributed by atoms with Gasteiger partial charge in [0.2, 0.25) is 5.91 Å². The van der Waals surface area contributed by atoms with Crippen LogP contribution in [-0.4, -0.2) is 80.9 Å². The van der Waals surface area contributed by atoms with E-state index in [1.54, 1.807) is 0 Å². The molecule has 3 N–H and O–H groups in total. The summed E-state index contributed by atoms with van der Waals surface area (Å²) in [5, 5.41) is 14.3. The van der Waals surface area contributed by atoms with Gasteiger partial charge in [0.1, 0.15) is 0 Å². The maximum absolute atomic E-state index is 13.2. The lowest BCUT2D eigenvalue weighted by Gasteiger charge is -2.31. The van der Waals surface area contributed by atoms with Crippen molar-refractivity contribution in [1.82, 2.24) is 15.5 Å². The molecular formula is C21H29BBr2F3N3O5. The fourth-order valence-electron chi connectivity index (χ4n) is 3.57. The Balaban J connectivity index is 2.01. The van der Waals surface area contributed by atoms with Crippen molar-refractivity contribution in [2.24, 2.45) is 5.92 Å². The van der Waals surface area contributed by atoms with Crippen LogP contribution in [0.15, 0.2) is 21.1 Å². The second-order valence-corrected chi connectivity index (χ2v) is 10.2. The third kappa shape index (κ3) is 9.65. The number of benzene rings is 1. The van der Waals surface area contributed by atoms with Crippen molar-refractivity contribution in [1.29, 1.82) is 0 Å². The molecular weight excluding hydrogens is 602 g/mol. The molecule has 0 radical (unpaired) electrons. The zero-order valence-electron chi connectivity index (χ0n) is 19.5. The normalized spacial score (nSPS) is 16.5. The van der Waals surface area contributed by atoms with Crippen LogP contribution in [0, 0.1) is 5.92 Å². The monoisotopic (exact) mass is 629 g/mol. The van der Waals surface area contributed by atoms with Gasteiger partial charge in [0.15, 0.2) is 0 Å². The highest BCUT2D eigenvalue weighted by Crippen LogP contribution is 2.38. The summed E-state index contributed by atoms with van der Waals surface area (Å²) in [5.74, 6) is -1.64. The van der Waals surface area contributed by atoms with Gasteiger partial charge in [-0.3, -0.25) is 14.5 Å². The van der Waals surface area contributed by atoms with E-state index >= 15 is 0 Å². The minimum Gasteiger partial charge on any atom is -0.408 e. The molecule has 1 aliphatic rings. The SMILES string of the molecule is CC(C)C[C@H](NC(=O)CNC(=O)c1cc(Br)cc(C(F)(F)F)c1Br)B1OCCN(CCO)CCO1. The molecule has 1 saturated heterocycles. The minimum atomic E-state index is -4.66. The Morgan fingerprint density at radius 2 is 1.83 bits per heavy atom. The van der Waals surface area contributed by atoms with Gasteiger partial charge in [-0.25, -0.2) is 0 Å². The molecule has 196 valence electrons. The van der Waals surface area contributed by atoms with Crippen LogP contribution in [0.2, 0.25) is 0 Å². The van der Waals surface area contributed by atoms with Crippen molar-refractivity contribution < 1.29 is 37.2 Å². The summed E-state index contributed by atoms with van der Waals surface area (Å²) in [7, 11) is -0.693. The van der Waals surface area contributed by atoms with Gasteiger partial charge in [-0.05, 0) is 40.4 Å². The second kappa shape index (κ2) is 13.9. The summed E-state index contributed by atoms with van der Waals surface area (Å²) < 4.78 is 51.0. The fourth-order valence-corrected chi connectivity index (χ4v) is 4.67. The highest BCUT2D eigenvalue weighted by atomic mass is 79.9. The zero-order chi connectivity index (χ0) is 26.2. The predicted octanol–water partition coefficient (Wildman–Crippen LogP) is 2.86. The topological polar surface area (TPSA) is 100 Å². The van der Waals surface area contributed by atoms with Crippen LogP contribution in [0.25, 0.3) is 0 Å². The third-order valence-corrected chi connectivity index (χ3v) is 6.50. The molecule has 1 aliphatic heterocycles. The maximum atomic E-state index is 13.2. The van der Waals surface area contributed by atoms with Crippen molar-refractivity contribution in [2.45, 2.75) is 32.4 Å². The number of nitrogens with zero attached hydrogens (tertiary/aromatic N) is 1. The number of alkyl halides is 3. The van der Waals surface area contributed by atoms with E-state index in [1.807, 2.05) is 18.7 Å². The van der Waals surface area contributed by atoms with Gasteiger partial charge in [-0.15, -0.1) is 0 Å². The van der Waals surface area contributed by atoms with E-state index in [-0.39, 0.29) is 22.6 Å². The Kier molecular flexibility index (Phi) is 12.0. The number of β-amino-alcohol motifs (C(OH)–C–C–N with tert-alkyl or cyclic N) is 1. The van der Waals surface area contributed by atoms with Gasteiger partial charge < -0.3 is 25.0 Å². The Hall–Kier alpha value is -1.19. The van der Waals surface area contributed by atoms with Gasteiger partial charge in [0.25, 0.3) is 5.91 Å². The number of rotatable bonds is 9. The Labute approximate surface area is 219 Å². The van der Waals surface area contributed by atoms with Crippen LogP contribution < -0.4 is 10.6 Å². The van der Waals surface area contributed by atoms with E-state index in [2.05, 4.69) is 42.5 Å². The number of carbonyl (C=O) groups excluding carboxylic acids is 2. The second-order valence-electron chi connectivity index (χ2n) is 8.47. The molecule has 0 saturated carbocycles. The van der Waals surface area contributed by atoms with Gasteiger partial charge in [-0.2, -0.15) is 13.2 Å². The molecule has 1 fully saturated rings. The standard InChI is InChI=1S/C21H29BBr2F3N3O5/c1-13(2)9-17(22-34-7-4-30(3-6-31)5-8-35-22)29-18(32)12-28-20(33)15-10-14(23)11-16(19(15)24)21(25,26)27/h10-11,13,17,31H,3-9,12H2,1-2H3,(H,28,33)(H,29,32)/t17-/m0/s1. The predicted molar refractivity (Wildman–Crippen MR) is 132 cm³/mol. The van der Waals surface area contributed by atoms with E-state index in [0.717, 1.165) is 6.07 Å². The highest BCUT2D eigenvalue weighted by Gasteiger charge is 2.36. The van der Waals surface area contributed by atoms with E-state index < -0.39 is 47.6 Å². The molecule has 0 aliphatic carbocycles. The molecule has 1 aromatic rings. The van der Waals surface area contributed by atoms with E-state index in [1.165, 1.54) is 6.07 Å². The van der Waals surface area contributed by atoms with Crippen LogP contribution in [0.5, 0.6) is 0 Å². The van der Waals surface area contributed by atoms with Crippen LogP contribution >= 0.6 is 31.9 Å². The van der Waals surface area contributed by atoms with Crippen molar-refractivity contribution in [3.63, 3.8) is 0 Å². The smallest absolute Gasteiger partial charge is 0.408 e. The van der Waals surface area contributed by atoms with E-state index in [9.17, 15) is 22.8 Å². The lowest BCUT2D eigenvalue weighted by molar-refractivity contribution is -0.138.